The Kier molecular flexibility index (Phi) is 9.51. The average Bonchev–Trinajstić information content (AvgIpc) is 2.61. The summed E-state index contributed by atoms with van der Waals surface area (Å²) >= 11 is 1.36. The molecule has 4 N–H and O–H groups in total. The molecule has 2 atom stereocenters. The quantitative estimate of drug-likeness (QED) is 0.399. The molecular weight excluding hydrogens is 352 g/mol. The smallest absolute Gasteiger partial charge is 0.328 e. The molecule has 0 saturated carbocycles. The Morgan fingerprint density at radius 3 is 2.35 bits per heavy atom. The monoisotopic (exact) mass is 382 g/mol. The molecule has 7 heteroatoms. The average molecular weight is 383 g/mol. The number of carbonyl (C=O) groups excluding carboxylic acids is 1. The molecule has 0 fully saturated rings. The molecule has 0 saturated heterocycles. The van der Waals surface area contributed by atoms with Crippen LogP contribution in [0, 0.1) is 6.92 Å². The molecule has 1 aromatic carbocycles. The number of nitrogens with one attached hydrogen (secondary N) is 1. The standard InChI is InChI=1S/C19H30N2O4S/c1-5-14-9-12(3)10-15(6-2)17(14)21-13(4)19(24)25-7-8-26-11-16(20)18(22)23/h9-10,13,16,21H,5-8,11,20H2,1-4H3,(H,22,23)/t13-,16?/m0/s1. The number of carbonyl (C=O) groups is 2. The van der Waals surface area contributed by atoms with Crippen molar-refractivity contribution < 1.29 is 19.4 Å². The Morgan fingerprint density at radius 2 is 1.85 bits per heavy atom. The molecule has 0 heterocycles. The highest BCUT2D eigenvalue weighted by molar-refractivity contribution is 7.99. The van der Waals surface area contributed by atoms with Crippen LogP contribution in [0.5, 0.6) is 0 Å². The van der Waals surface area contributed by atoms with E-state index in [-0.39, 0.29) is 12.6 Å². The summed E-state index contributed by atoms with van der Waals surface area (Å²) in [6.45, 7) is 8.29. The van der Waals surface area contributed by atoms with Crippen molar-refractivity contribution in [2.45, 2.75) is 52.6 Å². The van der Waals surface area contributed by atoms with E-state index in [1.807, 2.05) is 0 Å². The number of ether oxygens (including phenoxy) is 1. The Labute approximate surface area is 159 Å². The lowest BCUT2D eigenvalue weighted by Crippen LogP contribution is -2.33. The maximum absolute atomic E-state index is 12.2. The molecule has 0 radical (unpaired) electrons. The molecule has 0 spiro atoms. The molecule has 26 heavy (non-hydrogen) atoms. The summed E-state index contributed by atoms with van der Waals surface area (Å²) < 4.78 is 5.28. The lowest BCUT2D eigenvalue weighted by atomic mass is 9.99. The Hall–Kier alpha value is -1.73. The normalized spacial score (nSPS) is 13.1. The molecule has 1 rings (SSSR count). The van der Waals surface area contributed by atoms with Crippen LogP contribution in [-0.4, -0.2) is 47.2 Å². The van der Waals surface area contributed by atoms with Crippen molar-refractivity contribution in [3.8, 4) is 0 Å². The lowest BCUT2D eigenvalue weighted by molar-refractivity contribution is -0.143. The topological polar surface area (TPSA) is 102 Å². The van der Waals surface area contributed by atoms with Crippen molar-refractivity contribution >= 4 is 29.4 Å². The number of esters is 1. The van der Waals surface area contributed by atoms with Crippen LogP contribution in [0.1, 0.15) is 37.5 Å². The van der Waals surface area contributed by atoms with Crippen LogP contribution in [0.25, 0.3) is 0 Å². The van der Waals surface area contributed by atoms with Crippen LogP contribution in [0.2, 0.25) is 0 Å². The number of hydrogen-bond acceptors (Lipinski definition) is 6. The number of aryl methyl sites for hydroxylation is 3. The van der Waals surface area contributed by atoms with Gasteiger partial charge in [-0.05, 0) is 37.8 Å². The van der Waals surface area contributed by atoms with E-state index in [9.17, 15) is 9.59 Å². The van der Waals surface area contributed by atoms with Gasteiger partial charge in [0.1, 0.15) is 18.7 Å². The first-order chi connectivity index (χ1) is 12.3. The van der Waals surface area contributed by atoms with Gasteiger partial charge in [-0.1, -0.05) is 31.5 Å². The van der Waals surface area contributed by atoms with Crippen molar-refractivity contribution in [3.05, 3.63) is 28.8 Å². The number of benzene rings is 1. The highest BCUT2D eigenvalue weighted by atomic mass is 32.2. The second-order valence-corrected chi connectivity index (χ2v) is 7.37. The summed E-state index contributed by atoms with van der Waals surface area (Å²) in [6.07, 6.45) is 1.78. The first-order valence-electron chi connectivity index (χ1n) is 8.91. The van der Waals surface area contributed by atoms with Gasteiger partial charge in [-0.3, -0.25) is 4.79 Å². The van der Waals surface area contributed by atoms with E-state index in [0.29, 0.717) is 11.5 Å². The number of thioether (sulfide) groups is 1. The third-order valence-corrected chi connectivity index (χ3v) is 5.06. The minimum absolute atomic E-state index is 0.233. The van der Waals surface area contributed by atoms with Gasteiger partial charge in [0.25, 0.3) is 0 Å². The predicted octanol–water partition coefficient (Wildman–Crippen LogP) is 2.61. The van der Waals surface area contributed by atoms with E-state index in [1.54, 1.807) is 6.92 Å². The van der Waals surface area contributed by atoms with E-state index in [2.05, 4.69) is 38.2 Å². The predicted molar refractivity (Wildman–Crippen MR) is 107 cm³/mol. The molecule has 0 aromatic heterocycles. The number of carboxylic acid groups (broad SMARTS) is 1. The summed E-state index contributed by atoms with van der Waals surface area (Å²) in [5.74, 6) is -0.532. The van der Waals surface area contributed by atoms with Crippen LogP contribution >= 0.6 is 11.8 Å². The van der Waals surface area contributed by atoms with Crippen molar-refractivity contribution in [2.75, 3.05) is 23.4 Å². The van der Waals surface area contributed by atoms with Crippen molar-refractivity contribution in [1.29, 1.82) is 0 Å². The number of carboxylic acids is 1. The maximum Gasteiger partial charge on any atom is 0.328 e. The molecule has 1 unspecified atom stereocenters. The molecule has 0 aliphatic carbocycles. The largest absolute Gasteiger partial charge is 0.480 e. The van der Waals surface area contributed by atoms with Gasteiger partial charge in [0.2, 0.25) is 0 Å². The van der Waals surface area contributed by atoms with Crippen LogP contribution in [0.15, 0.2) is 12.1 Å². The molecular formula is C19H30N2O4S. The number of anilines is 1. The van der Waals surface area contributed by atoms with E-state index in [1.165, 1.54) is 28.5 Å². The zero-order chi connectivity index (χ0) is 19.7. The molecule has 0 amide bonds. The van der Waals surface area contributed by atoms with E-state index in [4.69, 9.17) is 15.6 Å². The highest BCUT2D eigenvalue weighted by Crippen LogP contribution is 2.25. The second kappa shape index (κ2) is 11.1. The van der Waals surface area contributed by atoms with E-state index in [0.717, 1.165) is 18.5 Å². The second-order valence-electron chi connectivity index (χ2n) is 6.22. The molecule has 146 valence electrons. The fraction of sp³-hybridized carbons (Fsp3) is 0.579. The Balaban J connectivity index is 2.54. The minimum atomic E-state index is -1.02. The number of nitrogens with two attached hydrogens (primary N) is 1. The van der Waals surface area contributed by atoms with Crippen LogP contribution in [0.4, 0.5) is 5.69 Å². The van der Waals surface area contributed by atoms with Gasteiger partial charge in [-0.2, -0.15) is 11.8 Å². The summed E-state index contributed by atoms with van der Waals surface area (Å²) in [6, 6.07) is 2.93. The van der Waals surface area contributed by atoms with Gasteiger partial charge in [-0.15, -0.1) is 0 Å². The number of hydrogen-bond donors (Lipinski definition) is 3. The van der Waals surface area contributed by atoms with Gasteiger partial charge in [-0.25, -0.2) is 4.79 Å². The summed E-state index contributed by atoms with van der Waals surface area (Å²) in [7, 11) is 0. The van der Waals surface area contributed by atoms with Gasteiger partial charge in [0.05, 0.1) is 0 Å². The van der Waals surface area contributed by atoms with E-state index < -0.39 is 18.1 Å². The number of aliphatic carboxylic acids is 1. The third kappa shape index (κ3) is 6.88. The molecule has 1 aromatic rings. The van der Waals surface area contributed by atoms with Crippen molar-refractivity contribution in [1.82, 2.24) is 0 Å². The lowest BCUT2D eigenvalue weighted by Gasteiger charge is -2.20. The zero-order valence-electron chi connectivity index (χ0n) is 16.0. The Morgan fingerprint density at radius 1 is 1.27 bits per heavy atom. The van der Waals surface area contributed by atoms with Gasteiger partial charge in [0.15, 0.2) is 0 Å². The molecule has 0 aliphatic rings. The molecule has 6 nitrogen and oxygen atoms in total. The first kappa shape index (κ1) is 22.3. The van der Waals surface area contributed by atoms with Crippen LogP contribution in [0.3, 0.4) is 0 Å². The van der Waals surface area contributed by atoms with Gasteiger partial charge < -0.3 is 20.9 Å². The van der Waals surface area contributed by atoms with E-state index >= 15 is 0 Å². The van der Waals surface area contributed by atoms with Gasteiger partial charge >= 0.3 is 11.9 Å². The third-order valence-electron chi connectivity index (χ3n) is 4.01. The summed E-state index contributed by atoms with van der Waals surface area (Å²) in [5.41, 5.74) is 10.0. The zero-order valence-corrected chi connectivity index (χ0v) is 16.8. The highest BCUT2D eigenvalue weighted by Gasteiger charge is 2.18. The fourth-order valence-corrected chi connectivity index (χ4v) is 3.33. The Bertz CT molecular complexity index is 597. The van der Waals surface area contributed by atoms with Crippen LogP contribution < -0.4 is 11.1 Å². The maximum atomic E-state index is 12.2. The first-order valence-corrected chi connectivity index (χ1v) is 10.1. The summed E-state index contributed by atoms with van der Waals surface area (Å²) in [5, 5.41) is 12.0. The molecule has 0 bridgehead atoms. The van der Waals surface area contributed by atoms with Crippen molar-refractivity contribution in [2.24, 2.45) is 5.73 Å². The van der Waals surface area contributed by atoms with Gasteiger partial charge in [0, 0.05) is 17.2 Å². The SMILES string of the molecule is CCc1cc(C)cc(CC)c1N[C@@H](C)C(=O)OCCSCC(N)C(=O)O. The summed E-state index contributed by atoms with van der Waals surface area (Å²) in [4.78, 5) is 22.8. The fourth-order valence-electron chi connectivity index (χ4n) is 2.57. The van der Waals surface area contributed by atoms with Crippen LogP contribution in [-0.2, 0) is 27.2 Å². The minimum Gasteiger partial charge on any atom is -0.480 e. The van der Waals surface area contributed by atoms with Crippen molar-refractivity contribution in [3.63, 3.8) is 0 Å². The number of rotatable bonds is 11. The molecule has 0 aliphatic heterocycles.